The molecule has 0 N–H and O–H groups in total. The summed E-state index contributed by atoms with van der Waals surface area (Å²) in [5.74, 6) is -1.24. The van der Waals surface area contributed by atoms with Gasteiger partial charge < -0.3 is 33.2 Å². The van der Waals surface area contributed by atoms with Gasteiger partial charge in [0.1, 0.15) is 35.4 Å². The van der Waals surface area contributed by atoms with Gasteiger partial charge in [0.25, 0.3) is 0 Å². The molecule has 2 heterocycles. The van der Waals surface area contributed by atoms with Crippen LogP contribution in [-0.4, -0.2) is 70.7 Å². The summed E-state index contributed by atoms with van der Waals surface area (Å²) in [5.41, 5.74) is 1.29. The molecular weight excluding hydrogens is 604 g/mol. The van der Waals surface area contributed by atoms with E-state index in [0.29, 0.717) is 35.7 Å². The Morgan fingerprint density at radius 1 is 1.02 bits per heavy atom. The van der Waals surface area contributed by atoms with Gasteiger partial charge in [0, 0.05) is 27.2 Å². The maximum Gasteiger partial charge on any atom is 0.342 e. The molecule has 46 heavy (non-hydrogen) atoms. The van der Waals surface area contributed by atoms with Gasteiger partial charge in [0.05, 0.1) is 18.3 Å². The number of rotatable bonds is 9. The summed E-state index contributed by atoms with van der Waals surface area (Å²) in [5, 5.41) is 0. The second kappa shape index (κ2) is 15.4. The molecule has 1 fully saturated rings. The lowest BCUT2D eigenvalue weighted by Crippen LogP contribution is -2.37. The minimum atomic E-state index is -1.33. The minimum Gasteiger partial charge on any atom is -0.494 e. The molecular formula is C36H48O9Si. The Morgan fingerprint density at radius 3 is 2.46 bits per heavy atom. The van der Waals surface area contributed by atoms with E-state index in [1.807, 2.05) is 58.1 Å². The summed E-state index contributed by atoms with van der Waals surface area (Å²) in [7, 11) is 0.189. The monoisotopic (exact) mass is 652 g/mol. The van der Waals surface area contributed by atoms with E-state index < -0.39 is 50.2 Å². The van der Waals surface area contributed by atoms with Crippen molar-refractivity contribution in [1.29, 1.82) is 0 Å². The van der Waals surface area contributed by atoms with Gasteiger partial charge in [-0.2, -0.15) is 0 Å². The number of carbonyl (C=O) groups is 2. The number of fused-ring (bicyclic) bond motifs is 2. The maximum absolute atomic E-state index is 13.8. The van der Waals surface area contributed by atoms with Crippen LogP contribution in [0.15, 0.2) is 60.7 Å². The van der Waals surface area contributed by atoms with E-state index in [4.69, 9.17) is 33.2 Å². The van der Waals surface area contributed by atoms with Gasteiger partial charge in [-0.1, -0.05) is 63.0 Å². The molecule has 5 atom stereocenters. The summed E-state index contributed by atoms with van der Waals surface area (Å²) in [6, 6.07) is 13.4. The van der Waals surface area contributed by atoms with Crippen molar-refractivity contribution in [2.24, 2.45) is 5.92 Å². The lowest BCUT2D eigenvalue weighted by atomic mass is 9.98. The molecule has 10 heteroatoms. The van der Waals surface area contributed by atoms with E-state index in [1.165, 1.54) is 7.11 Å². The molecule has 0 saturated carbocycles. The molecule has 0 aliphatic carbocycles. The highest BCUT2D eigenvalue weighted by molar-refractivity contribution is 6.76. The number of hydrogen-bond donors (Lipinski definition) is 0. The number of benzene rings is 2. The van der Waals surface area contributed by atoms with Crippen LogP contribution in [0.5, 0.6) is 11.5 Å². The van der Waals surface area contributed by atoms with Crippen molar-refractivity contribution in [2.45, 2.75) is 90.0 Å². The molecule has 9 nitrogen and oxygen atoms in total. The molecule has 1 saturated heterocycles. The molecule has 0 amide bonds. The van der Waals surface area contributed by atoms with Gasteiger partial charge in [-0.05, 0) is 63.1 Å². The number of esters is 2. The SMILES string of the molecule is COCOc1cc(OCC[Si](C)(C)C)cc2c1C(=O)O[C@@H](C)[C@H](C)/C=C\C(OC(=O)c1ccccc1)[C@H]1OC(C)(C)O[C@H]1C/C=C/2. The van der Waals surface area contributed by atoms with Gasteiger partial charge in [-0.15, -0.1) is 0 Å². The summed E-state index contributed by atoms with van der Waals surface area (Å²) < 4.78 is 41.9. The van der Waals surface area contributed by atoms with Crippen molar-refractivity contribution in [1.82, 2.24) is 0 Å². The number of ether oxygens (including phenoxy) is 7. The Hall–Kier alpha value is -3.44. The molecule has 2 aliphatic rings. The third-order valence-corrected chi connectivity index (χ3v) is 9.57. The van der Waals surface area contributed by atoms with E-state index >= 15 is 0 Å². The highest BCUT2D eigenvalue weighted by Gasteiger charge is 2.45. The maximum atomic E-state index is 13.8. The zero-order chi connectivity index (χ0) is 33.5. The van der Waals surface area contributed by atoms with Crippen molar-refractivity contribution >= 4 is 26.1 Å². The van der Waals surface area contributed by atoms with Crippen molar-refractivity contribution in [3.63, 3.8) is 0 Å². The fourth-order valence-electron chi connectivity index (χ4n) is 5.17. The minimum absolute atomic E-state index is 0.0520. The lowest BCUT2D eigenvalue weighted by Gasteiger charge is -2.26. The predicted octanol–water partition coefficient (Wildman–Crippen LogP) is 7.29. The number of hydrogen-bond acceptors (Lipinski definition) is 9. The quantitative estimate of drug-likeness (QED) is 0.120. The van der Waals surface area contributed by atoms with Crippen molar-refractivity contribution < 1.29 is 42.7 Å². The molecule has 2 aromatic carbocycles. The summed E-state index contributed by atoms with van der Waals surface area (Å²) in [4.78, 5) is 26.9. The summed E-state index contributed by atoms with van der Waals surface area (Å²) >= 11 is 0. The first-order valence-corrected chi connectivity index (χ1v) is 19.6. The molecule has 0 spiro atoms. The zero-order valence-electron chi connectivity index (χ0n) is 28.2. The van der Waals surface area contributed by atoms with Crippen LogP contribution in [0.1, 0.15) is 60.4 Å². The third-order valence-electron chi connectivity index (χ3n) is 7.86. The Morgan fingerprint density at radius 2 is 1.76 bits per heavy atom. The fourth-order valence-corrected chi connectivity index (χ4v) is 5.88. The van der Waals surface area contributed by atoms with E-state index in [9.17, 15) is 9.59 Å². The first-order valence-electron chi connectivity index (χ1n) is 15.9. The smallest absolute Gasteiger partial charge is 0.342 e. The molecule has 2 aliphatic heterocycles. The summed E-state index contributed by atoms with van der Waals surface area (Å²) in [6.45, 7) is 14.8. The topological polar surface area (TPSA) is 98.8 Å². The molecule has 0 aromatic heterocycles. The summed E-state index contributed by atoms with van der Waals surface area (Å²) in [6.07, 6.45) is 5.54. The van der Waals surface area contributed by atoms with Crippen LogP contribution in [0.25, 0.3) is 6.08 Å². The largest absolute Gasteiger partial charge is 0.494 e. The van der Waals surface area contributed by atoms with Crippen LogP contribution in [-0.2, 0) is 23.7 Å². The predicted molar refractivity (Wildman–Crippen MR) is 179 cm³/mol. The first-order chi connectivity index (χ1) is 21.8. The van der Waals surface area contributed by atoms with Crippen LogP contribution in [0, 0.1) is 5.92 Å². The number of cyclic esters (lactones) is 1. The van der Waals surface area contributed by atoms with Crippen LogP contribution in [0.3, 0.4) is 0 Å². The number of methoxy groups -OCH3 is 1. The normalized spacial score (nSPS) is 26.1. The highest BCUT2D eigenvalue weighted by Crippen LogP contribution is 2.36. The van der Waals surface area contributed by atoms with E-state index in [0.717, 1.165) is 6.04 Å². The van der Waals surface area contributed by atoms with E-state index in [-0.39, 0.29) is 18.3 Å². The first kappa shape index (κ1) is 35.4. The molecule has 0 radical (unpaired) electrons. The second-order valence-corrected chi connectivity index (χ2v) is 19.1. The molecule has 1 unspecified atom stereocenters. The number of carbonyl (C=O) groups excluding carboxylic acids is 2. The van der Waals surface area contributed by atoms with Crippen molar-refractivity contribution in [3.8, 4) is 11.5 Å². The van der Waals surface area contributed by atoms with Crippen LogP contribution in [0.2, 0.25) is 25.7 Å². The molecule has 2 aromatic rings. The van der Waals surface area contributed by atoms with E-state index in [1.54, 1.807) is 36.4 Å². The average molecular weight is 653 g/mol. The second-order valence-electron chi connectivity index (χ2n) is 13.5. The Balaban J connectivity index is 1.73. The van der Waals surface area contributed by atoms with Gasteiger partial charge in [-0.3, -0.25) is 0 Å². The van der Waals surface area contributed by atoms with E-state index in [2.05, 4.69) is 19.6 Å². The van der Waals surface area contributed by atoms with Crippen molar-refractivity contribution in [2.75, 3.05) is 20.5 Å². The van der Waals surface area contributed by atoms with Gasteiger partial charge in [-0.25, -0.2) is 9.59 Å². The molecule has 0 bridgehead atoms. The van der Waals surface area contributed by atoms with Crippen LogP contribution in [0.4, 0.5) is 0 Å². The fraction of sp³-hybridized carbons (Fsp3) is 0.500. The van der Waals surface area contributed by atoms with Gasteiger partial charge in [0.15, 0.2) is 12.6 Å². The zero-order valence-corrected chi connectivity index (χ0v) is 29.2. The Labute approximate surface area is 273 Å². The highest BCUT2D eigenvalue weighted by atomic mass is 28.3. The molecule has 250 valence electrons. The van der Waals surface area contributed by atoms with Crippen LogP contribution >= 0.6 is 0 Å². The van der Waals surface area contributed by atoms with Gasteiger partial charge in [0.2, 0.25) is 0 Å². The van der Waals surface area contributed by atoms with Gasteiger partial charge >= 0.3 is 11.9 Å². The van der Waals surface area contributed by atoms with Crippen molar-refractivity contribution in [3.05, 3.63) is 77.4 Å². The lowest BCUT2D eigenvalue weighted by molar-refractivity contribution is -0.152. The Bertz CT molecular complexity index is 1400. The average Bonchev–Trinajstić information content (AvgIpc) is 3.30. The Kier molecular flexibility index (Phi) is 11.9. The van der Waals surface area contributed by atoms with Crippen LogP contribution < -0.4 is 9.47 Å². The molecule has 4 rings (SSSR count). The third kappa shape index (κ3) is 9.78. The standard InChI is InChI=1S/C36H48O9Si/c1-24-17-18-29(43-34(37)26-13-10-9-11-14-26)33-30(44-36(3,4)45-33)16-12-15-27-21-28(40-19-20-46(6,7)8)22-31(41-23-39-5)32(27)35(38)42-25(24)2/h9-15,17-18,21-22,24-25,29-30,33H,16,19-20,23H2,1-8H3/b15-12+,18-17-/t24-,25+,29?,30+,33-/m1/s1.